The minimum Gasteiger partial charge on any atom is -0.313 e. The molecule has 0 aromatic heterocycles. The third-order valence-electron chi connectivity index (χ3n) is 4.31. The van der Waals surface area contributed by atoms with Crippen molar-refractivity contribution in [1.29, 1.82) is 0 Å². The van der Waals surface area contributed by atoms with E-state index in [2.05, 4.69) is 36.5 Å². The molecular formula is C16H23N. The van der Waals surface area contributed by atoms with Gasteiger partial charge in [0, 0.05) is 12.6 Å². The Morgan fingerprint density at radius 3 is 2.29 bits per heavy atom. The molecule has 92 valence electrons. The maximum absolute atomic E-state index is 3.70. The van der Waals surface area contributed by atoms with Crippen LogP contribution in [-0.2, 0) is 12.8 Å². The van der Waals surface area contributed by atoms with Gasteiger partial charge in [-0.15, -0.1) is 0 Å². The fraction of sp³-hybridized carbons (Fsp3) is 0.625. The minimum absolute atomic E-state index is 0.607. The molecule has 17 heavy (non-hydrogen) atoms. The van der Waals surface area contributed by atoms with E-state index in [0.717, 1.165) is 12.5 Å². The smallest absolute Gasteiger partial charge is 0.00684 e. The van der Waals surface area contributed by atoms with Crippen LogP contribution in [0.4, 0.5) is 0 Å². The standard InChI is InChI=1S/C16H23N/c1-2-13-3-5-14(6-4-13)11-16(9-10-16)12-17-15-7-8-15/h3-6,15,17H,2,7-12H2,1H3. The maximum Gasteiger partial charge on any atom is 0.00684 e. The summed E-state index contributed by atoms with van der Waals surface area (Å²) in [5.74, 6) is 0. The summed E-state index contributed by atoms with van der Waals surface area (Å²) in [6, 6.07) is 10.1. The topological polar surface area (TPSA) is 12.0 Å². The van der Waals surface area contributed by atoms with Gasteiger partial charge in [0.2, 0.25) is 0 Å². The molecule has 3 rings (SSSR count). The fourth-order valence-corrected chi connectivity index (χ4v) is 2.57. The van der Waals surface area contributed by atoms with Gasteiger partial charge >= 0.3 is 0 Å². The summed E-state index contributed by atoms with van der Waals surface area (Å²) in [6.07, 6.45) is 8.07. The van der Waals surface area contributed by atoms with Crippen LogP contribution < -0.4 is 5.32 Å². The molecule has 1 aromatic carbocycles. The van der Waals surface area contributed by atoms with E-state index in [1.165, 1.54) is 49.8 Å². The van der Waals surface area contributed by atoms with Crippen LogP contribution in [0.5, 0.6) is 0 Å². The van der Waals surface area contributed by atoms with Crippen LogP contribution in [-0.4, -0.2) is 12.6 Å². The Kier molecular flexibility index (Phi) is 2.96. The second-order valence-electron chi connectivity index (χ2n) is 6.00. The van der Waals surface area contributed by atoms with Gasteiger partial charge in [0.15, 0.2) is 0 Å². The van der Waals surface area contributed by atoms with Crippen LogP contribution in [0, 0.1) is 5.41 Å². The summed E-state index contributed by atoms with van der Waals surface area (Å²) in [5.41, 5.74) is 3.59. The van der Waals surface area contributed by atoms with Gasteiger partial charge < -0.3 is 5.32 Å². The normalized spacial score (nSPS) is 21.5. The second-order valence-corrected chi connectivity index (χ2v) is 6.00. The average molecular weight is 229 g/mol. The molecule has 0 unspecified atom stereocenters. The predicted octanol–water partition coefficient (Wildman–Crippen LogP) is 3.32. The first kappa shape index (κ1) is 11.3. The van der Waals surface area contributed by atoms with Crippen LogP contribution in [0.2, 0.25) is 0 Å². The molecule has 2 aliphatic rings. The molecule has 1 aromatic rings. The minimum atomic E-state index is 0.607. The molecule has 2 aliphatic carbocycles. The number of hydrogen-bond acceptors (Lipinski definition) is 1. The van der Waals surface area contributed by atoms with Crippen molar-refractivity contribution in [2.75, 3.05) is 6.54 Å². The van der Waals surface area contributed by atoms with Gasteiger partial charge in [-0.1, -0.05) is 31.2 Å². The van der Waals surface area contributed by atoms with E-state index in [0.29, 0.717) is 5.41 Å². The van der Waals surface area contributed by atoms with Crippen molar-refractivity contribution in [3.05, 3.63) is 35.4 Å². The first-order valence-electron chi connectivity index (χ1n) is 7.11. The molecule has 1 N–H and O–H groups in total. The van der Waals surface area contributed by atoms with E-state index < -0.39 is 0 Å². The van der Waals surface area contributed by atoms with Crippen molar-refractivity contribution in [3.8, 4) is 0 Å². The molecule has 1 nitrogen and oxygen atoms in total. The number of aryl methyl sites for hydroxylation is 1. The lowest BCUT2D eigenvalue weighted by atomic mass is 9.95. The second kappa shape index (κ2) is 4.45. The lowest BCUT2D eigenvalue weighted by Crippen LogP contribution is -2.27. The van der Waals surface area contributed by atoms with Gasteiger partial charge in [0.05, 0.1) is 0 Å². The van der Waals surface area contributed by atoms with Gasteiger partial charge in [0.1, 0.15) is 0 Å². The molecule has 0 amide bonds. The van der Waals surface area contributed by atoms with Gasteiger partial charge in [0.25, 0.3) is 0 Å². The summed E-state index contributed by atoms with van der Waals surface area (Å²) in [4.78, 5) is 0. The largest absolute Gasteiger partial charge is 0.313 e. The Labute approximate surface area is 105 Å². The molecule has 0 saturated heterocycles. The first-order chi connectivity index (χ1) is 8.30. The molecule has 0 atom stereocenters. The Bertz CT molecular complexity index is 371. The molecule has 0 bridgehead atoms. The maximum atomic E-state index is 3.70. The quantitative estimate of drug-likeness (QED) is 0.789. The summed E-state index contributed by atoms with van der Waals surface area (Å²) in [6.45, 7) is 3.46. The third-order valence-corrected chi connectivity index (χ3v) is 4.31. The number of nitrogens with one attached hydrogen (secondary N) is 1. The van der Waals surface area contributed by atoms with Crippen LogP contribution in [0.25, 0.3) is 0 Å². The van der Waals surface area contributed by atoms with Crippen molar-refractivity contribution in [2.24, 2.45) is 5.41 Å². The van der Waals surface area contributed by atoms with Crippen molar-refractivity contribution in [2.45, 2.75) is 51.5 Å². The highest BCUT2D eigenvalue weighted by molar-refractivity contribution is 5.24. The molecular weight excluding hydrogens is 206 g/mol. The number of hydrogen-bond donors (Lipinski definition) is 1. The van der Waals surface area contributed by atoms with Crippen LogP contribution in [0.15, 0.2) is 24.3 Å². The summed E-state index contributed by atoms with van der Waals surface area (Å²) >= 11 is 0. The lowest BCUT2D eigenvalue weighted by Gasteiger charge is -2.16. The monoisotopic (exact) mass is 229 g/mol. The number of rotatable bonds is 6. The van der Waals surface area contributed by atoms with Crippen LogP contribution in [0.3, 0.4) is 0 Å². The van der Waals surface area contributed by atoms with E-state index in [1.807, 2.05) is 0 Å². The van der Waals surface area contributed by atoms with Crippen molar-refractivity contribution >= 4 is 0 Å². The molecule has 0 radical (unpaired) electrons. The van der Waals surface area contributed by atoms with Crippen LogP contribution in [0.1, 0.15) is 43.7 Å². The van der Waals surface area contributed by atoms with Gasteiger partial charge in [-0.3, -0.25) is 0 Å². The first-order valence-corrected chi connectivity index (χ1v) is 7.11. The highest BCUT2D eigenvalue weighted by Crippen LogP contribution is 2.48. The molecule has 2 fully saturated rings. The van der Waals surface area contributed by atoms with E-state index >= 15 is 0 Å². The molecule has 0 spiro atoms. The third kappa shape index (κ3) is 2.90. The highest BCUT2D eigenvalue weighted by Gasteiger charge is 2.43. The van der Waals surface area contributed by atoms with E-state index in [4.69, 9.17) is 0 Å². The zero-order valence-electron chi connectivity index (χ0n) is 10.8. The highest BCUT2D eigenvalue weighted by atomic mass is 15.0. The van der Waals surface area contributed by atoms with Gasteiger partial charge in [-0.25, -0.2) is 0 Å². The van der Waals surface area contributed by atoms with Gasteiger partial charge in [-0.2, -0.15) is 0 Å². The fourth-order valence-electron chi connectivity index (χ4n) is 2.57. The van der Waals surface area contributed by atoms with Crippen molar-refractivity contribution in [3.63, 3.8) is 0 Å². The molecule has 0 heterocycles. The van der Waals surface area contributed by atoms with Crippen LogP contribution >= 0.6 is 0 Å². The summed E-state index contributed by atoms with van der Waals surface area (Å²) in [7, 11) is 0. The van der Waals surface area contributed by atoms with E-state index in [-0.39, 0.29) is 0 Å². The Morgan fingerprint density at radius 1 is 1.12 bits per heavy atom. The summed E-state index contributed by atoms with van der Waals surface area (Å²) < 4.78 is 0. The Hall–Kier alpha value is -0.820. The predicted molar refractivity (Wildman–Crippen MR) is 72.2 cm³/mol. The SMILES string of the molecule is CCc1ccc(CC2(CNC3CC3)CC2)cc1. The van der Waals surface area contributed by atoms with E-state index in [1.54, 1.807) is 0 Å². The van der Waals surface area contributed by atoms with Crippen molar-refractivity contribution in [1.82, 2.24) is 5.32 Å². The Morgan fingerprint density at radius 2 is 1.76 bits per heavy atom. The van der Waals surface area contributed by atoms with Gasteiger partial charge in [-0.05, 0) is 55.1 Å². The molecule has 1 heteroatoms. The lowest BCUT2D eigenvalue weighted by molar-refractivity contribution is 0.453. The molecule has 0 aliphatic heterocycles. The van der Waals surface area contributed by atoms with E-state index in [9.17, 15) is 0 Å². The zero-order valence-corrected chi connectivity index (χ0v) is 10.8. The Balaban J connectivity index is 1.56. The van der Waals surface area contributed by atoms with Crippen molar-refractivity contribution < 1.29 is 0 Å². The number of benzene rings is 1. The summed E-state index contributed by atoms with van der Waals surface area (Å²) in [5, 5.41) is 3.70. The molecule has 2 saturated carbocycles. The zero-order chi connectivity index (χ0) is 11.7. The average Bonchev–Trinajstić information content (AvgIpc) is 3.24.